The van der Waals surface area contributed by atoms with Gasteiger partial charge in [-0.05, 0) is 26.0 Å². The Morgan fingerprint density at radius 1 is 1.40 bits per heavy atom. The molecule has 0 amide bonds. The van der Waals surface area contributed by atoms with Crippen LogP contribution in [0.2, 0.25) is 0 Å². The molecule has 15 heavy (non-hydrogen) atoms. The van der Waals surface area contributed by atoms with Gasteiger partial charge in [-0.1, -0.05) is 0 Å². The zero-order chi connectivity index (χ0) is 11.1. The third-order valence-corrected chi connectivity index (χ3v) is 2.44. The number of ether oxygens (including phenoxy) is 1. The number of anilines is 1. The van der Waals surface area contributed by atoms with Crippen molar-refractivity contribution in [3.8, 4) is 0 Å². The van der Waals surface area contributed by atoms with E-state index >= 15 is 0 Å². The van der Waals surface area contributed by atoms with E-state index in [0.717, 1.165) is 5.52 Å². The molecule has 2 aromatic rings. The summed E-state index contributed by atoms with van der Waals surface area (Å²) in [6, 6.07) is 5.40. The lowest BCUT2D eigenvalue weighted by molar-refractivity contribution is -0.00241. The fourth-order valence-electron chi connectivity index (χ4n) is 1.29. The van der Waals surface area contributed by atoms with Crippen LogP contribution in [0.4, 0.5) is 5.69 Å². The van der Waals surface area contributed by atoms with Gasteiger partial charge in [0.05, 0.1) is 0 Å². The molecule has 0 saturated carbocycles. The number of fused-ring (bicyclic) bond motifs is 1. The Morgan fingerprint density at radius 2 is 2.13 bits per heavy atom. The molecule has 0 bridgehead atoms. The van der Waals surface area contributed by atoms with Gasteiger partial charge in [0.1, 0.15) is 11.1 Å². The molecular formula is C11H14N2O2. The molecule has 0 fully saturated rings. The van der Waals surface area contributed by atoms with E-state index in [0.29, 0.717) is 17.2 Å². The van der Waals surface area contributed by atoms with E-state index in [4.69, 9.17) is 14.9 Å². The van der Waals surface area contributed by atoms with E-state index in [1.165, 1.54) is 0 Å². The van der Waals surface area contributed by atoms with Crippen LogP contribution in [0.1, 0.15) is 19.7 Å². The maximum absolute atomic E-state index is 5.66. The van der Waals surface area contributed by atoms with E-state index in [1.54, 1.807) is 19.2 Å². The molecule has 1 heterocycles. The van der Waals surface area contributed by atoms with Gasteiger partial charge in [0, 0.05) is 18.9 Å². The number of nitrogens with zero attached hydrogens (tertiary/aromatic N) is 1. The maximum atomic E-state index is 5.66. The Morgan fingerprint density at radius 3 is 2.80 bits per heavy atom. The third kappa shape index (κ3) is 1.68. The molecule has 1 aromatic carbocycles. The molecule has 1 aromatic heterocycles. The summed E-state index contributed by atoms with van der Waals surface area (Å²) < 4.78 is 10.9. The number of methoxy groups -OCH3 is 1. The van der Waals surface area contributed by atoms with Crippen LogP contribution in [0.3, 0.4) is 0 Å². The predicted molar refractivity (Wildman–Crippen MR) is 58.5 cm³/mol. The highest BCUT2D eigenvalue weighted by Crippen LogP contribution is 2.27. The summed E-state index contributed by atoms with van der Waals surface area (Å²) in [5.74, 6) is 0.561. The summed E-state index contributed by atoms with van der Waals surface area (Å²) in [5.41, 5.74) is 7.29. The molecule has 0 radical (unpaired) electrons. The third-order valence-electron chi connectivity index (χ3n) is 2.44. The second-order valence-electron chi connectivity index (χ2n) is 3.96. The van der Waals surface area contributed by atoms with Crippen molar-refractivity contribution < 1.29 is 9.15 Å². The van der Waals surface area contributed by atoms with Crippen LogP contribution in [0.15, 0.2) is 22.6 Å². The fourth-order valence-corrected chi connectivity index (χ4v) is 1.29. The molecule has 2 N–H and O–H groups in total. The predicted octanol–water partition coefficient (Wildman–Crippen LogP) is 2.29. The molecule has 4 nitrogen and oxygen atoms in total. The summed E-state index contributed by atoms with van der Waals surface area (Å²) in [7, 11) is 1.63. The number of hydrogen-bond acceptors (Lipinski definition) is 4. The highest BCUT2D eigenvalue weighted by molar-refractivity contribution is 5.76. The Kier molecular flexibility index (Phi) is 2.16. The minimum atomic E-state index is -0.520. The first kappa shape index (κ1) is 9.98. The van der Waals surface area contributed by atoms with Crippen LogP contribution in [-0.2, 0) is 10.3 Å². The molecule has 0 saturated heterocycles. The van der Waals surface area contributed by atoms with E-state index in [-0.39, 0.29) is 0 Å². The molecule has 0 spiro atoms. The van der Waals surface area contributed by atoms with E-state index in [9.17, 15) is 0 Å². The average molecular weight is 206 g/mol. The minimum Gasteiger partial charge on any atom is -0.437 e. The highest BCUT2D eigenvalue weighted by Gasteiger charge is 2.26. The van der Waals surface area contributed by atoms with Crippen molar-refractivity contribution in [1.82, 2.24) is 4.98 Å². The first-order valence-electron chi connectivity index (χ1n) is 4.74. The van der Waals surface area contributed by atoms with Gasteiger partial charge < -0.3 is 14.9 Å². The van der Waals surface area contributed by atoms with E-state index in [1.807, 2.05) is 19.9 Å². The quantitative estimate of drug-likeness (QED) is 0.766. The van der Waals surface area contributed by atoms with E-state index in [2.05, 4.69) is 4.98 Å². The first-order chi connectivity index (χ1) is 7.03. The summed E-state index contributed by atoms with van der Waals surface area (Å²) in [4.78, 5) is 4.35. The summed E-state index contributed by atoms with van der Waals surface area (Å²) in [6.07, 6.45) is 0. The average Bonchev–Trinajstić information content (AvgIpc) is 2.61. The number of nitrogens with two attached hydrogens (primary N) is 1. The van der Waals surface area contributed by atoms with Crippen LogP contribution in [0, 0.1) is 0 Å². The van der Waals surface area contributed by atoms with Gasteiger partial charge in [0.25, 0.3) is 0 Å². The zero-order valence-electron chi connectivity index (χ0n) is 9.07. The van der Waals surface area contributed by atoms with Gasteiger partial charge >= 0.3 is 0 Å². The van der Waals surface area contributed by atoms with Crippen LogP contribution in [0.5, 0.6) is 0 Å². The maximum Gasteiger partial charge on any atom is 0.227 e. The van der Waals surface area contributed by atoms with Crippen LogP contribution in [-0.4, -0.2) is 12.1 Å². The zero-order valence-corrected chi connectivity index (χ0v) is 9.07. The number of nitrogen functional groups attached to an aromatic ring is 1. The molecule has 0 aliphatic carbocycles. The van der Waals surface area contributed by atoms with Gasteiger partial charge in [-0.15, -0.1) is 0 Å². The van der Waals surface area contributed by atoms with Crippen LogP contribution < -0.4 is 5.73 Å². The van der Waals surface area contributed by atoms with Crippen molar-refractivity contribution in [3.63, 3.8) is 0 Å². The molecular weight excluding hydrogens is 192 g/mol. The van der Waals surface area contributed by atoms with Gasteiger partial charge in [0.2, 0.25) is 5.89 Å². The van der Waals surface area contributed by atoms with Crippen molar-refractivity contribution in [2.45, 2.75) is 19.4 Å². The standard InChI is InChI=1S/C11H14N2O2/c1-11(2,14-3)10-13-8-5-4-7(12)6-9(8)15-10/h4-6H,12H2,1-3H3. The van der Waals surface area contributed by atoms with Crippen LogP contribution in [0.25, 0.3) is 11.1 Å². The topological polar surface area (TPSA) is 61.3 Å². The summed E-state index contributed by atoms with van der Waals surface area (Å²) in [5, 5.41) is 0. The summed E-state index contributed by atoms with van der Waals surface area (Å²) in [6.45, 7) is 3.81. The van der Waals surface area contributed by atoms with Crippen molar-refractivity contribution >= 4 is 16.8 Å². The smallest absolute Gasteiger partial charge is 0.227 e. The molecule has 0 aliphatic heterocycles. The van der Waals surface area contributed by atoms with Crippen molar-refractivity contribution in [2.24, 2.45) is 0 Å². The summed E-state index contributed by atoms with van der Waals surface area (Å²) >= 11 is 0. The lowest BCUT2D eigenvalue weighted by Gasteiger charge is -2.17. The minimum absolute atomic E-state index is 0.520. The monoisotopic (exact) mass is 206 g/mol. The number of aromatic nitrogens is 1. The number of oxazole rings is 1. The van der Waals surface area contributed by atoms with Crippen molar-refractivity contribution in [2.75, 3.05) is 12.8 Å². The lowest BCUT2D eigenvalue weighted by atomic mass is 10.1. The fraction of sp³-hybridized carbons (Fsp3) is 0.364. The first-order valence-corrected chi connectivity index (χ1v) is 4.74. The Hall–Kier alpha value is -1.55. The SMILES string of the molecule is COC(C)(C)c1nc2ccc(N)cc2o1. The number of hydrogen-bond donors (Lipinski definition) is 1. The van der Waals surface area contributed by atoms with Gasteiger partial charge in [-0.2, -0.15) is 0 Å². The van der Waals surface area contributed by atoms with Gasteiger partial charge in [0.15, 0.2) is 5.58 Å². The largest absolute Gasteiger partial charge is 0.437 e. The molecule has 0 aliphatic rings. The molecule has 80 valence electrons. The van der Waals surface area contributed by atoms with Crippen molar-refractivity contribution in [1.29, 1.82) is 0 Å². The van der Waals surface area contributed by atoms with Gasteiger partial charge in [-0.25, -0.2) is 4.98 Å². The Balaban J connectivity index is 2.56. The molecule has 0 atom stereocenters. The van der Waals surface area contributed by atoms with Crippen LogP contribution >= 0.6 is 0 Å². The number of benzene rings is 1. The molecule has 0 unspecified atom stereocenters. The Bertz CT molecular complexity index is 488. The van der Waals surface area contributed by atoms with Crippen molar-refractivity contribution in [3.05, 3.63) is 24.1 Å². The second kappa shape index (κ2) is 3.24. The molecule has 4 heteroatoms. The molecule has 2 rings (SSSR count). The lowest BCUT2D eigenvalue weighted by Crippen LogP contribution is -2.19. The van der Waals surface area contributed by atoms with Gasteiger partial charge in [-0.3, -0.25) is 0 Å². The Labute approximate surface area is 88.0 Å². The number of rotatable bonds is 2. The van der Waals surface area contributed by atoms with E-state index < -0.39 is 5.60 Å². The second-order valence-corrected chi connectivity index (χ2v) is 3.96. The normalized spacial score (nSPS) is 12.2. The highest BCUT2D eigenvalue weighted by atomic mass is 16.5.